The van der Waals surface area contributed by atoms with Crippen LogP contribution in [-0.2, 0) is 4.79 Å². The summed E-state index contributed by atoms with van der Waals surface area (Å²) in [5.41, 5.74) is 0. The highest BCUT2D eigenvalue weighted by Gasteiger charge is 2.12. The Labute approximate surface area is 130 Å². The Morgan fingerprint density at radius 3 is 2.00 bits per heavy atom. The van der Waals surface area contributed by atoms with E-state index in [4.69, 9.17) is 0 Å². The summed E-state index contributed by atoms with van der Waals surface area (Å²) in [6, 6.07) is 1.05. The van der Waals surface area contributed by atoms with Crippen LogP contribution in [0.15, 0.2) is 0 Å². The molecule has 0 unspecified atom stereocenters. The van der Waals surface area contributed by atoms with Gasteiger partial charge in [-0.25, -0.2) is 0 Å². The highest BCUT2D eigenvalue weighted by molar-refractivity contribution is 5.85. The van der Waals surface area contributed by atoms with E-state index in [9.17, 15) is 4.79 Å². The van der Waals surface area contributed by atoms with Crippen LogP contribution in [0.5, 0.6) is 0 Å². The fourth-order valence-corrected chi connectivity index (χ4v) is 1.95. The third-order valence-electron chi connectivity index (χ3n) is 2.85. The zero-order valence-electron chi connectivity index (χ0n) is 12.9. The maximum Gasteiger partial charge on any atom is 0.220 e. The number of carbonyl (C=O) groups excluding carboxylic acids is 1. The molecule has 0 rings (SSSR count). The molecular formula is C13H31Cl2N3O. The first kappa shape index (κ1) is 24.0. The molecule has 0 atom stereocenters. The van der Waals surface area contributed by atoms with Gasteiger partial charge in [0.05, 0.1) is 0 Å². The summed E-state index contributed by atoms with van der Waals surface area (Å²) in [6.07, 6.45) is 1.52. The van der Waals surface area contributed by atoms with Crippen molar-refractivity contribution in [2.45, 2.75) is 52.6 Å². The number of amides is 1. The Hall–Kier alpha value is -0.0300. The lowest BCUT2D eigenvalue weighted by molar-refractivity contribution is -0.121. The smallest absolute Gasteiger partial charge is 0.220 e. The van der Waals surface area contributed by atoms with Crippen LogP contribution in [-0.4, -0.2) is 49.6 Å². The molecule has 0 bridgehead atoms. The summed E-state index contributed by atoms with van der Waals surface area (Å²) in [5.74, 6) is 0.160. The lowest BCUT2D eigenvalue weighted by atomic mass is 10.2. The number of hydrogen-bond acceptors (Lipinski definition) is 3. The Kier molecular flexibility index (Phi) is 18.2. The van der Waals surface area contributed by atoms with E-state index in [1.165, 1.54) is 0 Å². The monoisotopic (exact) mass is 315 g/mol. The second-order valence-corrected chi connectivity index (χ2v) is 4.98. The highest BCUT2D eigenvalue weighted by atomic mass is 35.5. The maximum atomic E-state index is 11.5. The molecule has 0 spiro atoms. The summed E-state index contributed by atoms with van der Waals surface area (Å²) in [5, 5.41) is 6.01. The van der Waals surface area contributed by atoms with Crippen molar-refractivity contribution >= 4 is 30.7 Å². The van der Waals surface area contributed by atoms with E-state index in [1.54, 1.807) is 0 Å². The zero-order chi connectivity index (χ0) is 13.3. The van der Waals surface area contributed by atoms with Gasteiger partial charge in [-0.3, -0.25) is 9.69 Å². The fourth-order valence-electron chi connectivity index (χ4n) is 1.95. The van der Waals surface area contributed by atoms with E-state index in [0.717, 1.165) is 26.1 Å². The van der Waals surface area contributed by atoms with Crippen LogP contribution >= 0.6 is 24.8 Å². The van der Waals surface area contributed by atoms with Crippen LogP contribution in [0.25, 0.3) is 0 Å². The van der Waals surface area contributed by atoms with Crippen LogP contribution in [0.3, 0.4) is 0 Å². The molecule has 0 radical (unpaired) electrons. The van der Waals surface area contributed by atoms with Gasteiger partial charge in [0.1, 0.15) is 0 Å². The Balaban J connectivity index is -0.00000128. The second-order valence-electron chi connectivity index (χ2n) is 4.98. The largest absolute Gasteiger partial charge is 0.355 e. The third kappa shape index (κ3) is 12.7. The molecule has 19 heavy (non-hydrogen) atoms. The summed E-state index contributed by atoms with van der Waals surface area (Å²) in [4.78, 5) is 13.9. The van der Waals surface area contributed by atoms with Gasteiger partial charge in [0, 0.05) is 31.6 Å². The van der Waals surface area contributed by atoms with Gasteiger partial charge in [-0.05, 0) is 47.7 Å². The standard InChI is InChI=1S/C13H29N3O.2ClH/c1-11(2)16(12(3)4)10-9-15-13(17)7-6-8-14-5;;/h11-12,14H,6-10H2,1-5H3,(H,15,17);2*1H. The average molecular weight is 316 g/mol. The van der Waals surface area contributed by atoms with E-state index in [1.807, 2.05) is 7.05 Å². The highest BCUT2D eigenvalue weighted by Crippen LogP contribution is 2.03. The van der Waals surface area contributed by atoms with E-state index in [0.29, 0.717) is 18.5 Å². The molecule has 0 saturated carbocycles. The molecule has 0 aliphatic heterocycles. The van der Waals surface area contributed by atoms with E-state index in [2.05, 4.69) is 43.2 Å². The molecule has 0 aliphatic carbocycles. The van der Waals surface area contributed by atoms with Crippen molar-refractivity contribution in [1.82, 2.24) is 15.5 Å². The predicted molar refractivity (Wildman–Crippen MR) is 87.6 cm³/mol. The molecule has 6 heteroatoms. The normalized spacial score (nSPS) is 10.3. The van der Waals surface area contributed by atoms with Gasteiger partial charge in [0.25, 0.3) is 0 Å². The first-order chi connectivity index (χ1) is 7.99. The first-order valence-corrected chi connectivity index (χ1v) is 6.66. The Morgan fingerprint density at radius 1 is 1.05 bits per heavy atom. The van der Waals surface area contributed by atoms with E-state index < -0.39 is 0 Å². The lowest BCUT2D eigenvalue weighted by Crippen LogP contribution is -2.42. The Bertz CT molecular complexity index is 206. The van der Waals surface area contributed by atoms with Gasteiger partial charge >= 0.3 is 0 Å². The number of nitrogens with one attached hydrogen (secondary N) is 2. The van der Waals surface area contributed by atoms with Crippen molar-refractivity contribution in [3.63, 3.8) is 0 Å². The van der Waals surface area contributed by atoms with Crippen LogP contribution < -0.4 is 10.6 Å². The molecular weight excluding hydrogens is 285 g/mol. The number of nitrogens with zero attached hydrogens (tertiary/aromatic N) is 1. The molecule has 4 nitrogen and oxygen atoms in total. The third-order valence-corrected chi connectivity index (χ3v) is 2.85. The molecule has 0 fully saturated rings. The molecule has 2 N–H and O–H groups in total. The van der Waals surface area contributed by atoms with Crippen molar-refractivity contribution in [1.29, 1.82) is 0 Å². The fraction of sp³-hybridized carbons (Fsp3) is 0.923. The molecule has 0 aromatic heterocycles. The van der Waals surface area contributed by atoms with Gasteiger partial charge in [-0.15, -0.1) is 24.8 Å². The summed E-state index contributed by atoms with van der Waals surface area (Å²) in [7, 11) is 1.90. The first-order valence-electron chi connectivity index (χ1n) is 6.66. The predicted octanol–water partition coefficient (Wildman–Crippen LogP) is 2.06. The van der Waals surface area contributed by atoms with Crippen molar-refractivity contribution in [3.05, 3.63) is 0 Å². The minimum absolute atomic E-state index is 0. The lowest BCUT2D eigenvalue weighted by Gasteiger charge is -2.30. The van der Waals surface area contributed by atoms with E-state index >= 15 is 0 Å². The van der Waals surface area contributed by atoms with Crippen LogP contribution in [0.1, 0.15) is 40.5 Å². The summed E-state index contributed by atoms with van der Waals surface area (Å²) in [6.45, 7) is 11.3. The Morgan fingerprint density at radius 2 is 1.58 bits per heavy atom. The van der Waals surface area contributed by atoms with Gasteiger partial charge in [-0.2, -0.15) is 0 Å². The van der Waals surface area contributed by atoms with Crippen molar-refractivity contribution in [2.75, 3.05) is 26.7 Å². The molecule has 0 aromatic rings. The number of carbonyl (C=O) groups is 1. The minimum Gasteiger partial charge on any atom is -0.355 e. The molecule has 1 amide bonds. The van der Waals surface area contributed by atoms with Gasteiger partial charge < -0.3 is 10.6 Å². The maximum absolute atomic E-state index is 11.5. The van der Waals surface area contributed by atoms with E-state index in [-0.39, 0.29) is 30.7 Å². The summed E-state index contributed by atoms with van der Waals surface area (Å²) < 4.78 is 0. The SMILES string of the molecule is CNCCCC(=O)NCCN(C(C)C)C(C)C.Cl.Cl. The zero-order valence-corrected chi connectivity index (χ0v) is 14.5. The molecule has 0 heterocycles. The van der Waals surface area contributed by atoms with Gasteiger partial charge in [0.15, 0.2) is 0 Å². The molecule has 118 valence electrons. The quantitative estimate of drug-likeness (QED) is 0.640. The van der Waals surface area contributed by atoms with Gasteiger partial charge in [-0.1, -0.05) is 0 Å². The molecule has 0 aliphatic rings. The number of hydrogen-bond donors (Lipinski definition) is 2. The molecule has 0 saturated heterocycles. The average Bonchev–Trinajstić information content (AvgIpc) is 2.23. The summed E-state index contributed by atoms with van der Waals surface area (Å²) >= 11 is 0. The van der Waals surface area contributed by atoms with Crippen LogP contribution in [0.4, 0.5) is 0 Å². The van der Waals surface area contributed by atoms with Crippen LogP contribution in [0.2, 0.25) is 0 Å². The minimum atomic E-state index is 0. The van der Waals surface area contributed by atoms with Gasteiger partial charge in [0.2, 0.25) is 5.91 Å². The van der Waals surface area contributed by atoms with Crippen LogP contribution in [0, 0.1) is 0 Å². The molecule has 0 aromatic carbocycles. The number of halogens is 2. The number of rotatable bonds is 9. The second kappa shape index (κ2) is 14.4. The van der Waals surface area contributed by atoms with Crippen molar-refractivity contribution in [3.8, 4) is 0 Å². The topological polar surface area (TPSA) is 44.4 Å². The van der Waals surface area contributed by atoms with Crippen molar-refractivity contribution in [2.24, 2.45) is 0 Å². The van der Waals surface area contributed by atoms with Crippen molar-refractivity contribution < 1.29 is 4.79 Å².